The molecule has 1 unspecified atom stereocenters. The van der Waals surface area contributed by atoms with Crippen LogP contribution >= 0.6 is 0 Å². The Morgan fingerprint density at radius 2 is 2.14 bits per heavy atom. The van der Waals surface area contributed by atoms with E-state index in [0.717, 1.165) is 0 Å². The van der Waals surface area contributed by atoms with Gasteiger partial charge in [0.1, 0.15) is 12.1 Å². The van der Waals surface area contributed by atoms with Crippen molar-refractivity contribution in [2.45, 2.75) is 25.4 Å². The number of halogens is 1. The molecular formula is C11H13FO2. The average Bonchev–Trinajstić information content (AvgIpc) is 2.08. The van der Waals surface area contributed by atoms with Crippen LogP contribution in [0.5, 0.6) is 0 Å². The standard InChI is InChI=1S/C11H13FO2/c1-11(14,6-7-13)8-9-4-2-3-5-10(9)12/h2-5,7,14H,6,8H2,1H3. The van der Waals surface area contributed by atoms with Gasteiger partial charge in [0.2, 0.25) is 0 Å². The second kappa shape index (κ2) is 4.33. The zero-order chi connectivity index (χ0) is 10.6. The van der Waals surface area contributed by atoms with Crippen molar-refractivity contribution in [3.63, 3.8) is 0 Å². The van der Waals surface area contributed by atoms with E-state index >= 15 is 0 Å². The van der Waals surface area contributed by atoms with Crippen molar-refractivity contribution >= 4 is 6.29 Å². The van der Waals surface area contributed by atoms with E-state index in [2.05, 4.69) is 0 Å². The minimum Gasteiger partial charge on any atom is -0.389 e. The largest absolute Gasteiger partial charge is 0.389 e. The van der Waals surface area contributed by atoms with Crippen molar-refractivity contribution < 1.29 is 14.3 Å². The monoisotopic (exact) mass is 196 g/mol. The third-order valence-corrected chi connectivity index (χ3v) is 2.05. The van der Waals surface area contributed by atoms with Crippen molar-refractivity contribution in [1.29, 1.82) is 0 Å². The number of carbonyl (C=O) groups is 1. The third kappa shape index (κ3) is 2.92. The Kier molecular flexibility index (Phi) is 3.36. The van der Waals surface area contributed by atoms with E-state index in [1.165, 1.54) is 13.0 Å². The van der Waals surface area contributed by atoms with Gasteiger partial charge in [0.25, 0.3) is 0 Å². The lowest BCUT2D eigenvalue weighted by molar-refractivity contribution is -0.111. The summed E-state index contributed by atoms with van der Waals surface area (Å²) in [6, 6.07) is 6.24. The molecule has 0 aliphatic carbocycles. The van der Waals surface area contributed by atoms with Crippen LogP contribution in [0.3, 0.4) is 0 Å². The SMILES string of the molecule is CC(O)(CC=O)Cc1ccccc1F. The summed E-state index contributed by atoms with van der Waals surface area (Å²) in [5, 5.41) is 9.69. The summed E-state index contributed by atoms with van der Waals surface area (Å²) < 4.78 is 13.2. The molecule has 0 bridgehead atoms. The van der Waals surface area contributed by atoms with Gasteiger partial charge < -0.3 is 9.90 Å². The van der Waals surface area contributed by atoms with Gasteiger partial charge in [-0.1, -0.05) is 18.2 Å². The fourth-order valence-electron chi connectivity index (χ4n) is 1.30. The quantitative estimate of drug-likeness (QED) is 0.744. The van der Waals surface area contributed by atoms with Crippen molar-refractivity contribution in [2.75, 3.05) is 0 Å². The number of carbonyl (C=O) groups excluding carboxylic acids is 1. The van der Waals surface area contributed by atoms with Gasteiger partial charge >= 0.3 is 0 Å². The predicted octanol–water partition coefficient (Wildman–Crippen LogP) is 1.71. The molecule has 0 radical (unpaired) electrons. The van der Waals surface area contributed by atoms with E-state index < -0.39 is 5.60 Å². The van der Waals surface area contributed by atoms with Crippen molar-refractivity contribution in [1.82, 2.24) is 0 Å². The highest BCUT2D eigenvalue weighted by Gasteiger charge is 2.21. The molecule has 3 heteroatoms. The van der Waals surface area contributed by atoms with Crippen LogP contribution in [-0.2, 0) is 11.2 Å². The normalized spacial score (nSPS) is 14.8. The molecule has 0 saturated carbocycles. The van der Waals surface area contributed by atoms with Crippen LogP contribution in [0.15, 0.2) is 24.3 Å². The smallest absolute Gasteiger partial charge is 0.126 e. The highest BCUT2D eigenvalue weighted by Crippen LogP contribution is 2.17. The Bertz CT molecular complexity index is 321. The van der Waals surface area contributed by atoms with E-state index in [0.29, 0.717) is 11.8 Å². The number of benzene rings is 1. The van der Waals surface area contributed by atoms with Gasteiger partial charge in [-0.2, -0.15) is 0 Å². The number of hydrogen-bond donors (Lipinski definition) is 1. The Morgan fingerprint density at radius 3 is 2.71 bits per heavy atom. The molecule has 2 nitrogen and oxygen atoms in total. The number of hydrogen-bond acceptors (Lipinski definition) is 2. The lowest BCUT2D eigenvalue weighted by Gasteiger charge is -2.20. The van der Waals surface area contributed by atoms with Crippen LogP contribution in [0.2, 0.25) is 0 Å². The maximum Gasteiger partial charge on any atom is 0.126 e. The first-order chi connectivity index (χ1) is 6.55. The molecule has 76 valence electrons. The molecule has 1 N–H and O–H groups in total. The molecular weight excluding hydrogens is 183 g/mol. The van der Waals surface area contributed by atoms with Gasteiger partial charge in [0, 0.05) is 12.8 Å². The molecule has 0 aliphatic heterocycles. The van der Waals surface area contributed by atoms with Crippen LogP contribution in [0, 0.1) is 5.82 Å². The number of aliphatic hydroxyl groups is 1. The van der Waals surface area contributed by atoms with Gasteiger partial charge in [-0.25, -0.2) is 4.39 Å². The van der Waals surface area contributed by atoms with Gasteiger partial charge in [0.15, 0.2) is 0 Å². The van der Waals surface area contributed by atoms with E-state index in [1.54, 1.807) is 18.2 Å². The second-order valence-corrected chi connectivity index (χ2v) is 3.64. The minimum atomic E-state index is -1.16. The highest BCUT2D eigenvalue weighted by molar-refractivity contribution is 5.51. The maximum atomic E-state index is 13.2. The Labute approximate surface area is 82.4 Å². The number of aldehydes is 1. The van der Waals surface area contributed by atoms with Crippen LogP contribution in [0.25, 0.3) is 0 Å². The van der Waals surface area contributed by atoms with Crippen molar-refractivity contribution in [3.8, 4) is 0 Å². The Hall–Kier alpha value is -1.22. The molecule has 0 aromatic heterocycles. The molecule has 1 atom stereocenters. The van der Waals surface area contributed by atoms with E-state index in [9.17, 15) is 14.3 Å². The molecule has 0 amide bonds. The van der Waals surface area contributed by atoms with E-state index in [4.69, 9.17) is 0 Å². The summed E-state index contributed by atoms with van der Waals surface area (Å²) >= 11 is 0. The molecule has 0 saturated heterocycles. The van der Waals surface area contributed by atoms with Crippen LogP contribution in [-0.4, -0.2) is 17.0 Å². The summed E-state index contributed by atoms with van der Waals surface area (Å²) in [5.74, 6) is -0.348. The molecule has 1 aromatic carbocycles. The van der Waals surface area contributed by atoms with E-state index in [1.807, 2.05) is 0 Å². The highest BCUT2D eigenvalue weighted by atomic mass is 19.1. The first kappa shape index (κ1) is 10.9. The zero-order valence-corrected chi connectivity index (χ0v) is 8.03. The molecule has 0 aliphatic rings. The van der Waals surface area contributed by atoms with Crippen molar-refractivity contribution in [3.05, 3.63) is 35.6 Å². The second-order valence-electron chi connectivity index (χ2n) is 3.64. The summed E-state index contributed by atoms with van der Waals surface area (Å²) in [6.07, 6.45) is 0.806. The molecule has 1 aromatic rings. The Morgan fingerprint density at radius 1 is 1.50 bits per heavy atom. The average molecular weight is 196 g/mol. The lowest BCUT2D eigenvalue weighted by Crippen LogP contribution is -2.28. The molecule has 0 heterocycles. The minimum absolute atomic E-state index is 0.0152. The molecule has 0 fully saturated rings. The summed E-state index contributed by atoms with van der Waals surface area (Å²) in [4.78, 5) is 10.2. The zero-order valence-electron chi connectivity index (χ0n) is 8.03. The first-order valence-electron chi connectivity index (χ1n) is 4.44. The van der Waals surface area contributed by atoms with Gasteiger partial charge in [-0.05, 0) is 18.6 Å². The van der Waals surface area contributed by atoms with Crippen LogP contribution in [0.4, 0.5) is 4.39 Å². The summed E-state index contributed by atoms with van der Waals surface area (Å²) in [7, 11) is 0. The van der Waals surface area contributed by atoms with Crippen LogP contribution in [0.1, 0.15) is 18.9 Å². The molecule has 0 spiro atoms. The predicted molar refractivity (Wildman–Crippen MR) is 51.4 cm³/mol. The lowest BCUT2D eigenvalue weighted by atomic mass is 9.94. The van der Waals surface area contributed by atoms with Gasteiger partial charge in [0.05, 0.1) is 5.60 Å². The van der Waals surface area contributed by atoms with Gasteiger partial charge in [-0.15, -0.1) is 0 Å². The summed E-state index contributed by atoms with van der Waals surface area (Å²) in [6.45, 7) is 1.52. The topological polar surface area (TPSA) is 37.3 Å². The fraction of sp³-hybridized carbons (Fsp3) is 0.364. The molecule has 1 rings (SSSR count). The first-order valence-corrected chi connectivity index (χ1v) is 4.44. The number of rotatable bonds is 4. The fourth-order valence-corrected chi connectivity index (χ4v) is 1.30. The van der Waals surface area contributed by atoms with Crippen LogP contribution < -0.4 is 0 Å². The summed E-state index contributed by atoms with van der Waals surface area (Å²) in [5.41, 5.74) is -0.733. The van der Waals surface area contributed by atoms with Crippen molar-refractivity contribution in [2.24, 2.45) is 0 Å². The maximum absolute atomic E-state index is 13.2. The Balaban J connectivity index is 2.78. The molecule has 14 heavy (non-hydrogen) atoms. The van der Waals surface area contributed by atoms with Gasteiger partial charge in [-0.3, -0.25) is 0 Å². The third-order valence-electron chi connectivity index (χ3n) is 2.05. The van der Waals surface area contributed by atoms with E-state index in [-0.39, 0.29) is 18.7 Å².